The lowest BCUT2D eigenvalue weighted by Crippen LogP contribution is -3.16. The van der Waals surface area contributed by atoms with Gasteiger partial charge in [-0.1, -0.05) is 11.6 Å². The molecule has 1 unspecified atom stereocenters. The van der Waals surface area contributed by atoms with Crippen molar-refractivity contribution in [2.45, 2.75) is 38.6 Å². The van der Waals surface area contributed by atoms with Crippen molar-refractivity contribution in [2.24, 2.45) is 0 Å². The van der Waals surface area contributed by atoms with Crippen LogP contribution in [0.2, 0.25) is 5.02 Å². The molecular weight excluding hydrogens is 347 g/mol. The highest BCUT2D eigenvalue weighted by Crippen LogP contribution is 2.35. The van der Waals surface area contributed by atoms with Crippen molar-refractivity contribution in [1.82, 2.24) is 5.32 Å². The Kier molecular flexibility index (Phi) is 5.74. The number of halogens is 2. The Bertz CT molecular complexity index is 733. The van der Waals surface area contributed by atoms with E-state index >= 15 is 0 Å². The minimum atomic E-state index is -0.314. The van der Waals surface area contributed by atoms with Crippen LogP contribution in [0.15, 0.2) is 18.2 Å². The number of carbonyl (C=O) groups is 1. The van der Waals surface area contributed by atoms with Crippen molar-refractivity contribution < 1.29 is 14.1 Å². The van der Waals surface area contributed by atoms with Crippen molar-refractivity contribution in [3.63, 3.8) is 0 Å². The summed E-state index contributed by atoms with van der Waals surface area (Å²) >= 11 is 7.52. The van der Waals surface area contributed by atoms with Crippen molar-refractivity contribution in [2.75, 3.05) is 19.6 Å². The van der Waals surface area contributed by atoms with E-state index in [0.29, 0.717) is 21.1 Å². The summed E-state index contributed by atoms with van der Waals surface area (Å²) in [4.78, 5) is 14.5. The lowest BCUT2D eigenvalue weighted by molar-refractivity contribution is -0.928. The first-order valence-corrected chi connectivity index (χ1v) is 9.76. The lowest BCUT2D eigenvalue weighted by atomic mass is 10.0. The zero-order chi connectivity index (χ0) is 17.1. The highest BCUT2D eigenvalue weighted by molar-refractivity contribution is 7.21. The fourth-order valence-electron chi connectivity index (χ4n) is 3.41. The molecule has 2 aromatic rings. The normalized spacial score (nSPS) is 21.1. The second kappa shape index (κ2) is 7.81. The molecule has 3 nitrogen and oxygen atoms in total. The summed E-state index contributed by atoms with van der Waals surface area (Å²) in [6.45, 7) is 5.28. The number of piperidine rings is 1. The third kappa shape index (κ3) is 3.90. The number of hydrogen-bond acceptors (Lipinski definition) is 2. The fraction of sp³-hybridized carbons (Fsp3) is 0.500. The molecule has 0 spiro atoms. The summed E-state index contributed by atoms with van der Waals surface area (Å²) in [7, 11) is 0. The van der Waals surface area contributed by atoms with Gasteiger partial charge in [-0.3, -0.25) is 4.79 Å². The third-order valence-electron chi connectivity index (χ3n) is 4.84. The van der Waals surface area contributed by atoms with Crippen molar-refractivity contribution in [3.8, 4) is 0 Å². The number of likely N-dealkylation sites (tertiary alicyclic amines) is 1. The monoisotopic (exact) mass is 369 g/mol. The molecule has 0 bridgehead atoms. The maximum atomic E-state index is 13.3. The molecule has 1 amide bonds. The Balaban J connectivity index is 1.54. The van der Waals surface area contributed by atoms with Gasteiger partial charge in [-0.25, -0.2) is 4.39 Å². The number of amides is 1. The van der Waals surface area contributed by atoms with Gasteiger partial charge in [-0.15, -0.1) is 11.3 Å². The predicted molar refractivity (Wildman–Crippen MR) is 97.8 cm³/mol. The average Bonchev–Trinajstić information content (AvgIpc) is 2.89. The number of thiophene rings is 1. The first kappa shape index (κ1) is 17.6. The van der Waals surface area contributed by atoms with Crippen molar-refractivity contribution in [1.29, 1.82) is 0 Å². The molecule has 1 fully saturated rings. The van der Waals surface area contributed by atoms with Crippen LogP contribution in [0.1, 0.15) is 42.3 Å². The van der Waals surface area contributed by atoms with Gasteiger partial charge in [0.15, 0.2) is 0 Å². The Morgan fingerprint density at radius 1 is 1.46 bits per heavy atom. The minimum absolute atomic E-state index is 0.164. The Morgan fingerprint density at radius 3 is 3.08 bits per heavy atom. The van der Waals surface area contributed by atoms with Crippen LogP contribution >= 0.6 is 22.9 Å². The molecule has 0 saturated carbocycles. The smallest absolute Gasteiger partial charge is 0.262 e. The van der Waals surface area contributed by atoms with E-state index in [4.69, 9.17) is 11.6 Å². The zero-order valence-electron chi connectivity index (χ0n) is 13.8. The number of rotatable bonds is 5. The molecule has 0 radical (unpaired) electrons. The molecule has 1 aliphatic heterocycles. The number of benzene rings is 1. The van der Waals surface area contributed by atoms with E-state index in [9.17, 15) is 9.18 Å². The van der Waals surface area contributed by atoms with E-state index in [0.717, 1.165) is 24.4 Å². The highest BCUT2D eigenvalue weighted by Gasteiger charge is 2.21. The van der Waals surface area contributed by atoms with Crippen LogP contribution in [0.25, 0.3) is 10.1 Å². The lowest BCUT2D eigenvalue weighted by Gasteiger charge is -2.30. The van der Waals surface area contributed by atoms with Gasteiger partial charge in [0.25, 0.3) is 5.91 Å². The van der Waals surface area contributed by atoms with Crippen LogP contribution < -0.4 is 10.2 Å². The van der Waals surface area contributed by atoms with E-state index in [1.54, 1.807) is 11.0 Å². The topological polar surface area (TPSA) is 33.5 Å². The van der Waals surface area contributed by atoms with Gasteiger partial charge in [0.1, 0.15) is 10.7 Å². The fourth-order valence-corrected chi connectivity index (χ4v) is 4.87. The van der Waals surface area contributed by atoms with E-state index in [2.05, 4.69) is 12.2 Å². The summed E-state index contributed by atoms with van der Waals surface area (Å²) in [6, 6.07) is 5.14. The van der Waals surface area contributed by atoms with E-state index in [1.807, 2.05) is 0 Å². The molecule has 3 rings (SSSR count). The van der Waals surface area contributed by atoms with Gasteiger partial charge in [-0.05, 0) is 44.4 Å². The summed E-state index contributed by atoms with van der Waals surface area (Å²) in [5.41, 5.74) is 0. The van der Waals surface area contributed by atoms with Crippen LogP contribution in [0, 0.1) is 5.82 Å². The Morgan fingerprint density at radius 2 is 2.29 bits per heavy atom. The second-order valence-corrected chi connectivity index (χ2v) is 7.98. The van der Waals surface area contributed by atoms with E-state index in [1.165, 1.54) is 49.3 Å². The molecule has 2 N–H and O–H groups in total. The van der Waals surface area contributed by atoms with Gasteiger partial charge in [0, 0.05) is 23.1 Å². The van der Waals surface area contributed by atoms with Crippen LogP contribution in [-0.4, -0.2) is 31.6 Å². The van der Waals surface area contributed by atoms with Crippen molar-refractivity contribution in [3.05, 3.63) is 33.9 Å². The highest BCUT2D eigenvalue weighted by atomic mass is 35.5. The van der Waals surface area contributed by atoms with E-state index in [-0.39, 0.29) is 11.7 Å². The Hall–Kier alpha value is -1.17. The molecule has 1 aromatic carbocycles. The molecule has 1 aromatic heterocycles. The largest absolute Gasteiger partial charge is 0.351 e. The van der Waals surface area contributed by atoms with E-state index < -0.39 is 0 Å². The molecule has 1 saturated heterocycles. The molecule has 6 heteroatoms. The van der Waals surface area contributed by atoms with Gasteiger partial charge in [0.05, 0.1) is 24.2 Å². The standard InChI is InChI=1S/C18H22ClFN2OS/c1-12-5-2-3-9-22(12)10-4-8-21-18(23)17-16(19)14-7-6-13(20)11-15(14)24-17/h6-7,11-12H,2-5,8-10H2,1H3,(H,21,23)/p+1/t12-/m0/s1. The maximum Gasteiger partial charge on any atom is 0.262 e. The van der Waals surface area contributed by atoms with Crippen LogP contribution in [0.4, 0.5) is 4.39 Å². The first-order valence-electron chi connectivity index (χ1n) is 8.56. The summed E-state index contributed by atoms with van der Waals surface area (Å²) in [5, 5.41) is 4.10. The minimum Gasteiger partial charge on any atom is -0.351 e. The van der Waals surface area contributed by atoms with Crippen molar-refractivity contribution >= 4 is 38.9 Å². The van der Waals surface area contributed by atoms with Gasteiger partial charge < -0.3 is 10.2 Å². The number of quaternary nitrogens is 1. The van der Waals surface area contributed by atoms with Gasteiger partial charge >= 0.3 is 0 Å². The first-order chi connectivity index (χ1) is 11.6. The molecule has 1 aliphatic rings. The number of hydrogen-bond donors (Lipinski definition) is 2. The van der Waals surface area contributed by atoms with Crippen LogP contribution in [-0.2, 0) is 0 Å². The molecule has 2 atom stereocenters. The predicted octanol–water partition coefficient (Wildman–Crippen LogP) is 3.27. The summed E-state index contributed by atoms with van der Waals surface area (Å²) in [5.74, 6) is -0.477. The molecular formula is C18H23ClFN2OS+. The SMILES string of the molecule is C[C@H]1CCCC[NH+]1CCCNC(=O)c1sc2cc(F)ccc2c1Cl. The van der Waals surface area contributed by atoms with Gasteiger partial charge in [0.2, 0.25) is 0 Å². The molecule has 0 aliphatic carbocycles. The zero-order valence-corrected chi connectivity index (χ0v) is 15.4. The number of carbonyl (C=O) groups excluding carboxylic acids is 1. The number of fused-ring (bicyclic) bond motifs is 1. The molecule has 24 heavy (non-hydrogen) atoms. The van der Waals surface area contributed by atoms with Crippen LogP contribution in [0.3, 0.4) is 0 Å². The maximum absolute atomic E-state index is 13.3. The van der Waals surface area contributed by atoms with Crippen LogP contribution in [0.5, 0.6) is 0 Å². The molecule has 2 heterocycles. The van der Waals surface area contributed by atoms with Gasteiger partial charge in [-0.2, -0.15) is 0 Å². The summed E-state index contributed by atoms with van der Waals surface area (Å²) in [6.07, 6.45) is 4.91. The average molecular weight is 370 g/mol. The third-order valence-corrected chi connectivity index (χ3v) is 6.50. The summed E-state index contributed by atoms with van der Waals surface area (Å²) < 4.78 is 14.0. The quantitative estimate of drug-likeness (QED) is 0.779. The Labute approximate surface area is 150 Å². The number of nitrogens with one attached hydrogen (secondary N) is 2. The molecule has 130 valence electrons. The second-order valence-electron chi connectivity index (χ2n) is 6.55.